The number of aryl methyl sites for hydroxylation is 1. The third-order valence-electron chi connectivity index (χ3n) is 4.44. The van der Waals surface area contributed by atoms with Crippen LogP contribution < -0.4 is 4.74 Å². The van der Waals surface area contributed by atoms with Crippen LogP contribution in [0.4, 0.5) is 0 Å². The van der Waals surface area contributed by atoms with Crippen LogP contribution in [0.25, 0.3) is 0 Å². The van der Waals surface area contributed by atoms with Crippen molar-refractivity contribution in [2.45, 2.75) is 72.4 Å². The molecule has 0 aliphatic heterocycles. The molecule has 1 aromatic carbocycles. The Hall–Kier alpha value is -0.666. The van der Waals surface area contributed by atoms with Gasteiger partial charge < -0.3 is 12.2 Å². The fourth-order valence-corrected chi connectivity index (χ4v) is 3.24. The predicted molar refractivity (Wildman–Crippen MR) is 107 cm³/mol. The zero-order chi connectivity index (χ0) is 17.2. The summed E-state index contributed by atoms with van der Waals surface area (Å²) in [6, 6.07) is 12.5. The molecule has 2 aromatic rings. The largest absolute Gasteiger partial charge is 0.473 e. The number of nitrogens with zero attached hydrogens (tertiary/aromatic N) is 2. The second kappa shape index (κ2) is 14.4. The van der Waals surface area contributed by atoms with E-state index in [-0.39, 0.29) is 40.1 Å². The normalized spacial score (nSPS) is 13.2. The molecule has 0 saturated heterocycles. The first-order valence-corrected chi connectivity index (χ1v) is 9.58. The van der Waals surface area contributed by atoms with E-state index in [2.05, 4.69) is 41.9 Å². The van der Waals surface area contributed by atoms with Crippen molar-refractivity contribution >= 4 is 0 Å². The number of aromatic nitrogens is 2. The van der Waals surface area contributed by atoms with E-state index in [1.807, 2.05) is 19.9 Å². The van der Waals surface area contributed by atoms with Gasteiger partial charge in [-0.1, -0.05) is 70.4 Å². The molecule has 0 atom stereocenters. The van der Waals surface area contributed by atoms with Crippen LogP contribution in [0.1, 0.15) is 64.1 Å². The molecule has 1 aliphatic rings. The van der Waals surface area contributed by atoms with Crippen molar-refractivity contribution in [3.05, 3.63) is 55.1 Å². The quantitative estimate of drug-likeness (QED) is 0.496. The molecule has 3 rings (SSSR count). The Kier molecular flexibility index (Phi) is 14.0. The van der Waals surface area contributed by atoms with Gasteiger partial charge in [0.2, 0.25) is 5.88 Å². The summed E-state index contributed by atoms with van der Waals surface area (Å²) in [5.41, 5.74) is 2.36. The minimum absolute atomic E-state index is 0. The van der Waals surface area contributed by atoms with Gasteiger partial charge in [0.15, 0.2) is 0 Å². The Morgan fingerprint density at radius 1 is 1.12 bits per heavy atom. The van der Waals surface area contributed by atoms with E-state index < -0.39 is 0 Å². The maximum atomic E-state index is 6.06. The maximum absolute atomic E-state index is 6.06. The minimum atomic E-state index is 0. The molecule has 143 valence electrons. The van der Waals surface area contributed by atoms with Gasteiger partial charge in [-0.25, -0.2) is 4.68 Å². The Morgan fingerprint density at radius 2 is 1.77 bits per heavy atom. The molecule has 1 aliphatic carbocycles. The summed E-state index contributed by atoms with van der Waals surface area (Å²) in [7, 11) is 0. The molecule has 1 saturated carbocycles. The molecule has 1 aromatic heterocycles. The number of benzene rings is 1. The van der Waals surface area contributed by atoms with Gasteiger partial charge in [-0.2, -0.15) is 5.10 Å². The number of rotatable bonds is 7. The fourth-order valence-electron chi connectivity index (χ4n) is 3.24. The van der Waals surface area contributed by atoms with Gasteiger partial charge in [0.1, 0.15) is 6.61 Å². The van der Waals surface area contributed by atoms with Gasteiger partial charge in [-0.15, -0.1) is 0 Å². The van der Waals surface area contributed by atoms with Crippen LogP contribution in [0.15, 0.2) is 36.4 Å². The molecule has 0 spiro atoms. The van der Waals surface area contributed by atoms with Gasteiger partial charge >= 0.3 is 0 Å². The van der Waals surface area contributed by atoms with E-state index in [1.165, 1.54) is 31.2 Å². The number of ether oxygens (including phenoxy) is 1. The van der Waals surface area contributed by atoms with E-state index >= 15 is 0 Å². The Balaban J connectivity index is 0.00000151. The van der Waals surface area contributed by atoms with Gasteiger partial charge in [-0.3, -0.25) is 0 Å². The average Bonchev–Trinajstić information content (AvgIpc) is 3.27. The van der Waals surface area contributed by atoms with E-state index in [0.717, 1.165) is 36.9 Å². The fraction of sp³-hybridized carbons (Fsp3) is 0.545. The van der Waals surface area contributed by atoms with Crippen molar-refractivity contribution in [2.75, 3.05) is 0 Å². The van der Waals surface area contributed by atoms with Crippen LogP contribution in [-0.4, -0.2) is 9.78 Å². The summed E-state index contributed by atoms with van der Waals surface area (Å²) in [6.07, 6.45) is 7.56. The van der Waals surface area contributed by atoms with Crippen molar-refractivity contribution in [3.63, 3.8) is 0 Å². The Morgan fingerprint density at radius 3 is 2.38 bits per heavy atom. The Bertz CT molecular complexity index is 577. The standard InChI is InChI=1S/C19H26N2O.C2H6.CH3.Y/c1-2-8-18-13-19(22-15-17-11-4-3-5-12-17)21(20-18)14-16-9-6-7-10-16;1-2;;/h3-5,11-13,16H,2,6-10,14-15H2,1H3;1-2H3;1H3;/q;;-1;. The zero-order valence-electron chi connectivity index (χ0n) is 17.1. The van der Waals surface area contributed by atoms with Crippen LogP contribution in [0.2, 0.25) is 0 Å². The van der Waals surface area contributed by atoms with Crippen LogP contribution in [0.5, 0.6) is 5.88 Å². The summed E-state index contributed by atoms with van der Waals surface area (Å²) in [4.78, 5) is 0. The van der Waals surface area contributed by atoms with Crippen molar-refractivity contribution in [1.29, 1.82) is 0 Å². The molecule has 3 nitrogen and oxygen atoms in total. The molecule has 26 heavy (non-hydrogen) atoms. The summed E-state index contributed by atoms with van der Waals surface area (Å²) in [5, 5.41) is 4.77. The van der Waals surface area contributed by atoms with Crippen LogP contribution in [0, 0.1) is 13.3 Å². The van der Waals surface area contributed by atoms with E-state index in [4.69, 9.17) is 9.84 Å². The second-order valence-electron chi connectivity index (χ2n) is 6.33. The van der Waals surface area contributed by atoms with Crippen LogP contribution in [0.3, 0.4) is 0 Å². The number of hydrogen-bond acceptors (Lipinski definition) is 2. The SMILES string of the molecule is CC.CCCc1cc(OCc2ccccc2)n(CC2CCCC2)n1.[CH3-].[Y]. The van der Waals surface area contributed by atoms with Gasteiger partial charge in [0.05, 0.1) is 5.69 Å². The van der Waals surface area contributed by atoms with Gasteiger partial charge in [0, 0.05) is 45.3 Å². The molecule has 0 N–H and O–H groups in total. The van der Waals surface area contributed by atoms with Gasteiger partial charge in [0.25, 0.3) is 0 Å². The first-order valence-electron chi connectivity index (χ1n) is 9.58. The molecule has 0 amide bonds. The smallest absolute Gasteiger partial charge is 0.212 e. The molecule has 1 heterocycles. The van der Waals surface area contributed by atoms with Crippen molar-refractivity contribution < 1.29 is 37.4 Å². The summed E-state index contributed by atoms with van der Waals surface area (Å²) >= 11 is 0. The monoisotopic (exact) mass is 432 g/mol. The first-order chi connectivity index (χ1) is 11.8. The Labute approximate surface area is 185 Å². The molecule has 1 radical (unpaired) electrons. The molecule has 1 fully saturated rings. The topological polar surface area (TPSA) is 27.1 Å². The molecular formula is C22H35N2OY-. The average molecular weight is 432 g/mol. The molecular weight excluding hydrogens is 397 g/mol. The summed E-state index contributed by atoms with van der Waals surface area (Å²) in [5.74, 6) is 1.70. The third-order valence-corrected chi connectivity index (χ3v) is 4.44. The molecule has 0 unspecified atom stereocenters. The number of hydrogen-bond donors (Lipinski definition) is 0. The van der Waals surface area contributed by atoms with Crippen molar-refractivity contribution in [2.24, 2.45) is 5.92 Å². The molecule has 4 heteroatoms. The van der Waals surface area contributed by atoms with Crippen molar-refractivity contribution in [3.8, 4) is 5.88 Å². The predicted octanol–water partition coefficient (Wildman–Crippen LogP) is 6.08. The van der Waals surface area contributed by atoms with Gasteiger partial charge in [-0.05, 0) is 30.7 Å². The van der Waals surface area contributed by atoms with E-state index in [0.29, 0.717) is 6.61 Å². The molecule has 0 bridgehead atoms. The first kappa shape index (κ1) is 25.3. The summed E-state index contributed by atoms with van der Waals surface area (Å²) < 4.78 is 8.16. The van der Waals surface area contributed by atoms with Crippen molar-refractivity contribution in [1.82, 2.24) is 9.78 Å². The maximum Gasteiger partial charge on any atom is 0.212 e. The third kappa shape index (κ3) is 7.92. The van der Waals surface area contributed by atoms with E-state index in [9.17, 15) is 0 Å². The van der Waals surface area contributed by atoms with E-state index in [1.54, 1.807) is 0 Å². The summed E-state index contributed by atoms with van der Waals surface area (Å²) in [6.45, 7) is 7.82. The van der Waals surface area contributed by atoms with Crippen LogP contribution >= 0.6 is 0 Å². The zero-order valence-corrected chi connectivity index (χ0v) is 19.9. The van der Waals surface area contributed by atoms with Crippen LogP contribution in [-0.2, 0) is 52.3 Å². The minimum Gasteiger partial charge on any atom is -0.473 e. The second-order valence-corrected chi connectivity index (χ2v) is 6.33.